The highest BCUT2D eigenvalue weighted by molar-refractivity contribution is 7.79. The van der Waals surface area contributed by atoms with Gasteiger partial charge in [-0.15, -0.1) is 0 Å². The van der Waals surface area contributed by atoms with E-state index in [2.05, 4.69) is 0 Å². The minimum Gasteiger partial charge on any atom is -0.373 e. The van der Waals surface area contributed by atoms with Gasteiger partial charge in [-0.25, -0.2) is 4.21 Å². The van der Waals surface area contributed by atoms with E-state index in [4.69, 9.17) is 14.9 Å². The van der Waals surface area contributed by atoms with E-state index in [0.29, 0.717) is 11.1 Å². The van der Waals surface area contributed by atoms with Crippen molar-refractivity contribution in [3.05, 3.63) is 35.4 Å². The van der Waals surface area contributed by atoms with Gasteiger partial charge in [0.2, 0.25) is 0 Å². The molecule has 0 aliphatic rings. The van der Waals surface area contributed by atoms with Crippen LogP contribution in [0.25, 0.3) is 0 Å². The van der Waals surface area contributed by atoms with Crippen molar-refractivity contribution in [2.24, 2.45) is 0 Å². The number of hydrogen-bond acceptors (Lipinski definition) is 3. The predicted octanol–water partition coefficient (Wildman–Crippen LogP) is 0.771. The highest BCUT2D eigenvalue weighted by Crippen LogP contribution is 2.15. The predicted molar refractivity (Wildman–Crippen MR) is 46.9 cm³/mol. The van der Waals surface area contributed by atoms with Crippen LogP contribution in [0.5, 0.6) is 0 Å². The SMILES string of the molecule is N#Cc1ccc(C(O)[S@@](=O)O)cc1. The van der Waals surface area contributed by atoms with Crippen LogP contribution in [-0.2, 0) is 11.1 Å². The average molecular weight is 197 g/mol. The van der Waals surface area contributed by atoms with E-state index in [9.17, 15) is 4.21 Å². The molecule has 0 aliphatic heterocycles. The molecule has 13 heavy (non-hydrogen) atoms. The smallest absolute Gasteiger partial charge is 0.187 e. The molecule has 0 heterocycles. The van der Waals surface area contributed by atoms with Gasteiger partial charge in [-0.1, -0.05) is 12.1 Å². The van der Waals surface area contributed by atoms with Gasteiger partial charge in [0, 0.05) is 0 Å². The molecule has 4 nitrogen and oxygen atoms in total. The lowest BCUT2D eigenvalue weighted by molar-refractivity contribution is 0.251. The van der Waals surface area contributed by atoms with Crippen LogP contribution in [0.2, 0.25) is 0 Å². The fourth-order valence-electron chi connectivity index (χ4n) is 0.839. The third-order valence-corrected chi connectivity index (χ3v) is 2.17. The van der Waals surface area contributed by atoms with Crippen molar-refractivity contribution in [3.63, 3.8) is 0 Å². The van der Waals surface area contributed by atoms with Crippen molar-refractivity contribution in [1.29, 1.82) is 5.26 Å². The zero-order valence-corrected chi connectivity index (χ0v) is 7.36. The molecule has 0 bridgehead atoms. The highest BCUT2D eigenvalue weighted by atomic mass is 32.2. The van der Waals surface area contributed by atoms with Crippen LogP contribution < -0.4 is 0 Å². The third kappa shape index (κ3) is 2.36. The Morgan fingerprint density at radius 1 is 1.38 bits per heavy atom. The van der Waals surface area contributed by atoms with Crippen LogP contribution in [-0.4, -0.2) is 13.9 Å². The molecule has 0 aromatic heterocycles. The molecule has 2 atom stereocenters. The summed E-state index contributed by atoms with van der Waals surface area (Å²) in [6.07, 6.45) is 0. The maximum Gasteiger partial charge on any atom is 0.187 e. The fourth-order valence-corrected chi connectivity index (χ4v) is 1.23. The van der Waals surface area contributed by atoms with Crippen LogP contribution >= 0.6 is 0 Å². The monoisotopic (exact) mass is 197 g/mol. The number of nitriles is 1. The summed E-state index contributed by atoms with van der Waals surface area (Å²) in [6.45, 7) is 0. The first-order valence-electron chi connectivity index (χ1n) is 3.43. The Morgan fingerprint density at radius 3 is 2.31 bits per heavy atom. The molecule has 0 amide bonds. The summed E-state index contributed by atoms with van der Waals surface area (Å²) in [5.41, 5.74) is -0.646. The van der Waals surface area contributed by atoms with Gasteiger partial charge in [0.1, 0.15) is 0 Å². The van der Waals surface area contributed by atoms with Gasteiger partial charge in [0.25, 0.3) is 0 Å². The molecular formula is C8H7NO3S. The van der Waals surface area contributed by atoms with Gasteiger partial charge in [-0.3, -0.25) is 0 Å². The largest absolute Gasteiger partial charge is 0.373 e. The first-order chi connectivity index (χ1) is 6.15. The van der Waals surface area contributed by atoms with Crippen molar-refractivity contribution in [1.82, 2.24) is 0 Å². The zero-order chi connectivity index (χ0) is 9.84. The van der Waals surface area contributed by atoms with E-state index in [0.717, 1.165) is 0 Å². The van der Waals surface area contributed by atoms with Gasteiger partial charge in [0.15, 0.2) is 16.5 Å². The summed E-state index contributed by atoms with van der Waals surface area (Å²) in [7, 11) is 0. The number of hydrogen-bond donors (Lipinski definition) is 2. The second-order valence-corrected chi connectivity index (χ2v) is 3.36. The summed E-state index contributed by atoms with van der Waals surface area (Å²) in [4.78, 5) is 0. The summed E-state index contributed by atoms with van der Waals surface area (Å²) in [6, 6.07) is 7.74. The Balaban J connectivity index is 2.93. The number of nitrogens with zero attached hydrogens (tertiary/aromatic N) is 1. The molecule has 0 spiro atoms. The van der Waals surface area contributed by atoms with Gasteiger partial charge >= 0.3 is 0 Å². The van der Waals surface area contributed by atoms with Crippen molar-refractivity contribution >= 4 is 11.1 Å². The van der Waals surface area contributed by atoms with Crippen molar-refractivity contribution in [2.45, 2.75) is 5.44 Å². The molecule has 1 unspecified atom stereocenters. The molecule has 0 saturated heterocycles. The van der Waals surface area contributed by atoms with E-state index in [1.807, 2.05) is 6.07 Å². The van der Waals surface area contributed by atoms with Crippen LogP contribution in [0.4, 0.5) is 0 Å². The van der Waals surface area contributed by atoms with Crippen LogP contribution in [0.1, 0.15) is 16.6 Å². The van der Waals surface area contributed by atoms with Crippen molar-refractivity contribution in [3.8, 4) is 6.07 Å². The average Bonchev–Trinajstić information content (AvgIpc) is 2.17. The summed E-state index contributed by atoms with van der Waals surface area (Å²) in [5, 5.41) is 17.6. The highest BCUT2D eigenvalue weighted by Gasteiger charge is 2.12. The standard InChI is InChI=1S/C8H7NO3S/c9-5-6-1-3-7(4-2-6)8(10)13(11)12/h1-4,8,10H,(H,11,12). The number of aliphatic hydroxyl groups is 1. The van der Waals surface area contributed by atoms with Crippen molar-refractivity contribution in [2.75, 3.05) is 0 Å². The molecule has 1 rings (SSSR count). The van der Waals surface area contributed by atoms with Crippen LogP contribution in [0, 0.1) is 11.3 Å². The fraction of sp³-hybridized carbons (Fsp3) is 0.125. The topological polar surface area (TPSA) is 81.3 Å². The molecule has 0 radical (unpaired) electrons. The molecule has 68 valence electrons. The van der Waals surface area contributed by atoms with Crippen LogP contribution in [0.3, 0.4) is 0 Å². The molecular weight excluding hydrogens is 190 g/mol. The second kappa shape index (κ2) is 4.14. The first-order valence-corrected chi connectivity index (χ1v) is 4.60. The molecule has 0 aliphatic carbocycles. The lowest BCUT2D eigenvalue weighted by atomic mass is 10.2. The van der Waals surface area contributed by atoms with Gasteiger partial charge in [-0.05, 0) is 17.7 Å². The number of benzene rings is 1. The Labute approximate surface area is 77.7 Å². The lowest BCUT2D eigenvalue weighted by Crippen LogP contribution is -2.03. The molecule has 1 aromatic carbocycles. The minimum atomic E-state index is -2.30. The van der Waals surface area contributed by atoms with E-state index < -0.39 is 16.5 Å². The molecule has 0 saturated carbocycles. The summed E-state index contributed by atoms with van der Waals surface area (Å²) in [5.74, 6) is 0. The molecule has 2 N–H and O–H groups in total. The van der Waals surface area contributed by atoms with E-state index >= 15 is 0 Å². The summed E-state index contributed by atoms with van der Waals surface area (Å²) >= 11 is -2.30. The molecule has 0 fully saturated rings. The maximum atomic E-state index is 10.5. The Hall–Kier alpha value is -1.22. The third-order valence-electron chi connectivity index (χ3n) is 1.52. The van der Waals surface area contributed by atoms with Crippen molar-refractivity contribution < 1.29 is 13.9 Å². The zero-order valence-electron chi connectivity index (χ0n) is 6.54. The normalized spacial score (nSPS) is 14.5. The van der Waals surface area contributed by atoms with Gasteiger partial charge in [-0.2, -0.15) is 5.26 Å². The Bertz CT molecular complexity index is 355. The maximum absolute atomic E-state index is 10.5. The quantitative estimate of drug-likeness (QED) is 0.686. The summed E-state index contributed by atoms with van der Waals surface area (Å²) < 4.78 is 19.0. The first kappa shape index (κ1) is 9.86. The van der Waals surface area contributed by atoms with E-state index in [1.165, 1.54) is 24.3 Å². The minimum absolute atomic E-state index is 0.319. The van der Waals surface area contributed by atoms with E-state index in [1.54, 1.807) is 0 Å². The number of aliphatic hydroxyl groups excluding tert-OH is 1. The molecule has 5 heteroatoms. The Kier molecular flexibility index (Phi) is 3.14. The second-order valence-electron chi connectivity index (χ2n) is 2.36. The van der Waals surface area contributed by atoms with Gasteiger partial charge in [0.05, 0.1) is 11.6 Å². The van der Waals surface area contributed by atoms with Crippen LogP contribution in [0.15, 0.2) is 24.3 Å². The molecule has 1 aromatic rings. The Morgan fingerprint density at radius 2 is 1.92 bits per heavy atom. The lowest BCUT2D eigenvalue weighted by Gasteiger charge is -2.05. The number of rotatable bonds is 2. The van der Waals surface area contributed by atoms with E-state index in [-0.39, 0.29) is 0 Å². The van der Waals surface area contributed by atoms with Gasteiger partial charge < -0.3 is 9.66 Å².